The van der Waals surface area contributed by atoms with Crippen molar-refractivity contribution < 1.29 is 4.74 Å². The predicted octanol–water partition coefficient (Wildman–Crippen LogP) is 4.55. The molecule has 4 rings (SSSR count). The Morgan fingerprint density at radius 3 is 3.00 bits per heavy atom. The molecule has 3 aliphatic heterocycles. The van der Waals surface area contributed by atoms with Gasteiger partial charge in [0.15, 0.2) is 0 Å². The van der Waals surface area contributed by atoms with Gasteiger partial charge in [0.2, 0.25) is 5.88 Å². The van der Waals surface area contributed by atoms with Gasteiger partial charge in [-0.2, -0.15) is 0 Å². The monoisotopic (exact) mass is 483 g/mol. The number of nitrogens with zero attached hydrogens (tertiary/aromatic N) is 3. The van der Waals surface area contributed by atoms with Gasteiger partial charge in [-0.15, -0.1) is 0 Å². The van der Waals surface area contributed by atoms with E-state index in [1.54, 1.807) is 0 Å². The Labute approximate surface area is 192 Å². The zero-order valence-corrected chi connectivity index (χ0v) is 19.7. The third kappa shape index (κ3) is 5.09. The summed E-state index contributed by atoms with van der Waals surface area (Å²) in [5, 5.41) is 12.5. The van der Waals surface area contributed by atoms with Gasteiger partial charge < -0.3 is 15.0 Å². The van der Waals surface area contributed by atoms with Crippen molar-refractivity contribution in [3.63, 3.8) is 0 Å². The largest absolute Gasteiger partial charge is 0.472 e. The number of aryl methyl sites for hydroxylation is 1. The summed E-state index contributed by atoms with van der Waals surface area (Å²) >= 11 is 3.55. The van der Waals surface area contributed by atoms with Crippen LogP contribution in [0.4, 0.5) is 0 Å². The molecule has 3 atom stereocenters. The van der Waals surface area contributed by atoms with Crippen LogP contribution >= 0.6 is 15.9 Å². The van der Waals surface area contributed by atoms with E-state index in [2.05, 4.69) is 62.4 Å². The van der Waals surface area contributed by atoms with Crippen molar-refractivity contribution in [1.29, 1.82) is 5.41 Å². The molecule has 31 heavy (non-hydrogen) atoms. The van der Waals surface area contributed by atoms with E-state index in [9.17, 15) is 0 Å². The van der Waals surface area contributed by atoms with E-state index in [-0.39, 0.29) is 17.0 Å². The highest BCUT2D eigenvalue weighted by Crippen LogP contribution is 2.28. The molecule has 3 aliphatic rings. The molecule has 4 heterocycles. The SMILES string of the molecule is Cc1cnc(C(=N)N2CCCC(OC3=CCC(Br)C=N3)[C@@H]2C)c(C2=CCC=CCN2)c1. The molecule has 7 heteroatoms. The van der Waals surface area contributed by atoms with Gasteiger partial charge in [0, 0.05) is 36.8 Å². The normalized spacial score (nSPS) is 25.9. The van der Waals surface area contributed by atoms with E-state index < -0.39 is 0 Å². The van der Waals surface area contributed by atoms with Crippen LogP contribution in [0, 0.1) is 12.3 Å². The molecule has 0 saturated carbocycles. The van der Waals surface area contributed by atoms with Crippen molar-refractivity contribution in [2.45, 2.75) is 56.5 Å². The number of rotatable bonds is 4. The molecule has 6 nitrogen and oxygen atoms in total. The van der Waals surface area contributed by atoms with Crippen molar-refractivity contribution in [2.75, 3.05) is 13.1 Å². The summed E-state index contributed by atoms with van der Waals surface area (Å²) < 4.78 is 6.24. The zero-order valence-electron chi connectivity index (χ0n) is 18.1. The predicted molar refractivity (Wildman–Crippen MR) is 130 cm³/mol. The highest BCUT2D eigenvalue weighted by atomic mass is 79.9. The van der Waals surface area contributed by atoms with E-state index in [1.165, 1.54) is 0 Å². The molecule has 0 amide bonds. The van der Waals surface area contributed by atoms with Crippen LogP contribution in [0.15, 0.2) is 47.4 Å². The lowest BCUT2D eigenvalue weighted by Crippen LogP contribution is -2.50. The molecule has 1 aromatic heterocycles. The lowest BCUT2D eigenvalue weighted by atomic mass is 9.98. The first-order chi connectivity index (χ1) is 15.0. The molecular weight excluding hydrogens is 454 g/mol. The highest BCUT2D eigenvalue weighted by Gasteiger charge is 2.33. The van der Waals surface area contributed by atoms with Crippen molar-refractivity contribution >= 4 is 33.7 Å². The number of likely N-dealkylation sites (tertiary alicyclic amines) is 1. The molecular formula is C24H30BrN5O. The summed E-state index contributed by atoms with van der Waals surface area (Å²) in [6.07, 6.45) is 15.9. The third-order valence-electron chi connectivity index (χ3n) is 5.93. The van der Waals surface area contributed by atoms with Gasteiger partial charge in [-0.25, -0.2) is 4.99 Å². The van der Waals surface area contributed by atoms with Gasteiger partial charge >= 0.3 is 0 Å². The number of aromatic nitrogens is 1. The molecule has 164 valence electrons. The first kappa shape index (κ1) is 21.8. The van der Waals surface area contributed by atoms with Crippen LogP contribution in [0.2, 0.25) is 0 Å². The second-order valence-electron chi connectivity index (χ2n) is 8.27. The molecule has 0 aliphatic carbocycles. The standard InChI is InChI=1S/C24H30BrN5O/c1-16-13-19(20-7-4-3-5-11-27-20)23(29-14-16)24(26)30-12-6-8-21(17(30)2)31-22-10-9-18(25)15-28-22/h3,5,7,10,13-15,17-18,21,26-27H,4,6,8-9,11-12H2,1-2H3/t17-,18?,21?/m0/s1. The van der Waals surface area contributed by atoms with Gasteiger partial charge in [-0.3, -0.25) is 10.4 Å². The molecule has 0 radical (unpaired) electrons. The van der Waals surface area contributed by atoms with Crippen LogP contribution in [0.25, 0.3) is 5.70 Å². The van der Waals surface area contributed by atoms with E-state index in [1.807, 2.05) is 25.4 Å². The summed E-state index contributed by atoms with van der Waals surface area (Å²) in [4.78, 5) is 11.5. The summed E-state index contributed by atoms with van der Waals surface area (Å²) in [5.74, 6) is 1.15. The highest BCUT2D eigenvalue weighted by molar-refractivity contribution is 9.10. The van der Waals surface area contributed by atoms with Crippen molar-refractivity contribution in [3.8, 4) is 0 Å². The topological polar surface area (TPSA) is 73.6 Å². The van der Waals surface area contributed by atoms with Crippen LogP contribution in [0.1, 0.15) is 49.4 Å². The molecule has 2 N–H and O–H groups in total. The number of nitrogens with one attached hydrogen (secondary N) is 2. The number of allylic oxidation sites excluding steroid dienone is 3. The fourth-order valence-electron chi connectivity index (χ4n) is 4.21. The minimum absolute atomic E-state index is 0.00213. The first-order valence-electron chi connectivity index (χ1n) is 11.0. The Hall–Kier alpha value is -2.41. The van der Waals surface area contributed by atoms with Gasteiger partial charge in [0.25, 0.3) is 0 Å². The number of halogens is 1. The fourth-order valence-corrected chi connectivity index (χ4v) is 4.51. The maximum atomic E-state index is 9.06. The number of alkyl halides is 1. The minimum Gasteiger partial charge on any atom is -0.472 e. The number of hydrogen-bond acceptors (Lipinski definition) is 5. The van der Waals surface area contributed by atoms with E-state index in [4.69, 9.17) is 15.1 Å². The fraction of sp³-hybridized carbons (Fsp3) is 0.458. The Bertz CT molecular complexity index is 951. The Kier molecular flexibility index (Phi) is 6.90. The molecule has 1 saturated heterocycles. The second-order valence-corrected chi connectivity index (χ2v) is 9.44. The third-order valence-corrected chi connectivity index (χ3v) is 6.54. The van der Waals surface area contributed by atoms with Gasteiger partial charge in [0.1, 0.15) is 17.6 Å². The Morgan fingerprint density at radius 1 is 1.32 bits per heavy atom. The van der Waals surface area contributed by atoms with Crippen LogP contribution in [0.3, 0.4) is 0 Å². The number of aliphatic imine (C=N–C) groups is 1. The number of piperidine rings is 1. The molecule has 0 bridgehead atoms. The second kappa shape index (κ2) is 9.81. The Morgan fingerprint density at radius 2 is 2.19 bits per heavy atom. The maximum Gasteiger partial charge on any atom is 0.209 e. The quantitative estimate of drug-likeness (QED) is 0.285. The lowest BCUT2D eigenvalue weighted by Gasteiger charge is -2.40. The van der Waals surface area contributed by atoms with E-state index >= 15 is 0 Å². The number of ether oxygens (including phenoxy) is 1. The van der Waals surface area contributed by atoms with Crippen molar-refractivity contribution in [3.05, 3.63) is 59.3 Å². The summed E-state index contributed by atoms with van der Waals surface area (Å²) in [6, 6.07) is 2.19. The maximum absolute atomic E-state index is 9.06. The van der Waals surface area contributed by atoms with Gasteiger partial charge in [-0.05, 0) is 57.2 Å². The molecule has 2 unspecified atom stereocenters. The minimum atomic E-state index is -0.00213. The van der Waals surface area contributed by atoms with Gasteiger partial charge in [-0.1, -0.05) is 34.2 Å². The number of amidine groups is 1. The summed E-state index contributed by atoms with van der Waals surface area (Å²) in [6.45, 7) is 5.80. The zero-order chi connectivity index (χ0) is 21.8. The van der Waals surface area contributed by atoms with E-state index in [0.717, 1.165) is 61.3 Å². The number of pyridine rings is 1. The summed E-state index contributed by atoms with van der Waals surface area (Å²) in [7, 11) is 0. The average Bonchev–Trinajstić information content (AvgIpc) is 3.06. The van der Waals surface area contributed by atoms with Crippen LogP contribution in [-0.4, -0.2) is 52.0 Å². The van der Waals surface area contributed by atoms with Gasteiger partial charge in [0.05, 0.1) is 10.9 Å². The molecule has 1 fully saturated rings. The van der Waals surface area contributed by atoms with Crippen LogP contribution in [0.5, 0.6) is 0 Å². The van der Waals surface area contributed by atoms with Crippen molar-refractivity contribution in [2.24, 2.45) is 4.99 Å². The lowest BCUT2D eigenvalue weighted by molar-refractivity contribution is 0.0231. The number of hydrogen-bond donors (Lipinski definition) is 2. The van der Waals surface area contributed by atoms with Crippen LogP contribution in [-0.2, 0) is 4.74 Å². The van der Waals surface area contributed by atoms with Crippen LogP contribution < -0.4 is 5.32 Å². The van der Waals surface area contributed by atoms with E-state index in [0.29, 0.717) is 11.7 Å². The summed E-state index contributed by atoms with van der Waals surface area (Å²) in [5.41, 5.74) is 3.85. The molecule has 1 aromatic rings. The first-order valence-corrected chi connectivity index (χ1v) is 11.9. The molecule has 0 spiro atoms. The smallest absolute Gasteiger partial charge is 0.209 e. The molecule has 0 aromatic carbocycles. The average molecular weight is 484 g/mol. The van der Waals surface area contributed by atoms with Crippen molar-refractivity contribution in [1.82, 2.24) is 15.2 Å². The Balaban J connectivity index is 1.55.